The summed E-state index contributed by atoms with van der Waals surface area (Å²) in [6, 6.07) is 10.4. The molecular formula is C18H15F3N2O2. The first kappa shape index (κ1) is 16.9. The standard InChI is InChI=1S/C18H15F3N2O2/c1-24-13-8-12(9-14(10-13)25-2)23-16-5-6-22-17-7-11(18(19,20)21)3-4-15(16)17/h3-10H,1-2H3,(H,22,23). The third kappa shape index (κ3) is 3.60. The zero-order chi connectivity index (χ0) is 18.0. The van der Waals surface area contributed by atoms with Crippen LogP contribution in [-0.4, -0.2) is 19.2 Å². The molecule has 0 saturated carbocycles. The van der Waals surface area contributed by atoms with Gasteiger partial charge in [0.25, 0.3) is 0 Å². The van der Waals surface area contributed by atoms with Gasteiger partial charge in [0.05, 0.1) is 25.3 Å². The third-order valence-corrected chi connectivity index (χ3v) is 3.70. The van der Waals surface area contributed by atoms with E-state index in [0.717, 1.165) is 12.1 Å². The number of aromatic nitrogens is 1. The summed E-state index contributed by atoms with van der Waals surface area (Å²) < 4.78 is 49.0. The Morgan fingerprint density at radius 2 is 1.60 bits per heavy atom. The van der Waals surface area contributed by atoms with Gasteiger partial charge in [0.2, 0.25) is 0 Å². The van der Waals surface area contributed by atoms with Crippen LogP contribution in [0.2, 0.25) is 0 Å². The number of hydrogen-bond donors (Lipinski definition) is 1. The molecule has 4 nitrogen and oxygen atoms in total. The Kier molecular flexibility index (Phi) is 4.39. The molecular weight excluding hydrogens is 333 g/mol. The first-order valence-corrected chi connectivity index (χ1v) is 7.37. The Bertz CT molecular complexity index is 888. The van der Waals surface area contributed by atoms with E-state index in [1.54, 1.807) is 38.5 Å². The van der Waals surface area contributed by atoms with Gasteiger partial charge in [0.15, 0.2) is 0 Å². The number of halogens is 3. The van der Waals surface area contributed by atoms with E-state index in [9.17, 15) is 13.2 Å². The minimum atomic E-state index is -4.40. The monoisotopic (exact) mass is 348 g/mol. The highest BCUT2D eigenvalue weighted by molar-refractivity contribution is 5.93. The van der Waals surface area contributed by atoms with E-state index in [4.69, 9.17) is 9.47 Å². The number of fused-ring (bicyclic) bond motifs is 1. The number of anilines is 2. The van der Waals surface area contributed by atoms with Crippen LogP contribution < -0.4 is 14.8 Å². The van der Waals surface area contributed by atoms with Crippen molar-refractivity contribution in [3.8, 4) is 11.5 Å². The number of benzene rings is 2. The zero-order valence-electron chi connectivity index (χ0n) is 13.5. The molecule has 7 heteroatoms. The van der Waals surface area contributed by atoms with Crippen molar-refractivity contribution in [3.63, 3.8) is 0 Å². The maximum Gasteiger partial charge on any atom is 0.416 e. The maximum absolute atomic E-state index is 12.9. The zero-order valence-corrected chi connectivity index (χ0v) is 13.5. The Balaban J connectivity index is 2.02. The van der Waals surface area contributed by atoms with Gasteiger partial charge in [-0.25, -0.2) is 0 Å². The van der Waals surface area contributed by atoms with Gasteiger partial charge >= 0.3 is 6.18 Å². The molecule has 3 aromatic rings. The van der Waals surface area contributed by atoms with Gasteiger partial charge in [-0.1, -0.05) is 6.07 Å². The number of ether oxygens (including phenoxy) is 2. The average molecular weight is 348 g/mol. The van der Waals surface area contributed by atoms with Crippen LogP contribution in [0.1, 0.15) is 5.56 Å². The van der Waals surface area contributed by atoms with E-state index in [2.05, 4.69) is 10.3 Å². The van der Waals surface area contributed by atoms with Crippen molar-refractivity contribution < 1.29 is 22.6 Å². The molecule has 0 radical (unpaired) electrons. The largest absolute Gasteiger partial charge is 0.497 e. The SMILES string of the molecule is COc1cc(Nc2ccnc3cc(C(F)(F)F)ccc23)cc(OC)c1. The van der Waals surface area contributed by atoms with Gasteiger partial charge in [0.1, 0.15) is 11.5 Å². The molecule has 0 unspecified atom stereocenters. The van der Waals surface area contributed by atoms with E-state index in [1.807, 2.05) is 0 Å². The van der Waals surface area contributed by atoms with Crippen molar-refractivity contribution in [1.29, 1.82) is 0 Å². The number of pyridine rings is 1. The number of nitrogens with zero attached hydrogens (tertiary/aromatic N) is 1. The van der Waals surface area contributed by atoms with Crippen molar-refractivity contribution in [2.24, 2.45) is 0 Å². The Morgan fingerprint density at radius 1 is 0.920 bits per heavy atom. The fourth-order valence-corrected chi connectivity index (χ4v) is 2.47. The first-order valence-electron chi connectivity index (χ1n) is 7.37. The number of alkyl halides is 3. The lowest BCUT2D eigenvalue weighted by Crippen LogP contribution is -2.04. The lowest BCUT2D eigenvalue weighted by Gasteiger charge is -2.13. The molecule has 0 saturated heterocycles. The summed E-state index contributed by atoms with van der Waals surface area (Å²) in [5.74, 6) is 1.19. The van der Waals surface area contributed by atoms with Gasteiger partial charge in [-0.15, -0.1) is 0 Å². The summed E-state index contributed by atoms with van der Waals surface area (Å²) in [5, 5.41) is 3.75. The summed E-state index contributed by atoms with van der Waals surface area (Å²) in [6.45, 7) is 0. The number of rotatable bonds is 4. The van der Waals surface area contributed by atoms with Gasteiger partial charge in [-0.2, -0.15) is 13.2 Å². The molecule has 3 rings (SSSR count). The molecule has 1 heterocycles. The quantitative estimate of drug-likeness (QED) is 0.719. The van der Waals surface area contributed by atoms with E-state index in [0.29, 0.717) is 28.3 Å². The smallest absolute Gasteiger partial charge is 0.416 e. The normalized spacial score (nSPS) is 11.4. The summed E-state index contributed by atoms with van der Waals surface area (Å²) in [6.07, 6.45) is -2.94. The molecule has 0 fully saturated rings. The molecule has 0 amide bonds. The second kappa shape index (κ2) is 6.51. The van der Waals surface area contributed by atoms with Crippen molar-refractivity contribution in [1.82, 2.24) is 4.98 Å². The second-order valence-electron chi connectivity index (χ2n) is 5.31. The number of methoxy groups -OCH3 is 2. The highest BCUT2D eigenvalue weighted by Gasteiger charge is 2.30. The summed E-state index contributed by atoms with van der Waals surface area (Å²) in [5.41, 5.74) is 0.847. The van der Waals surface area contributed by atoms with E-state index < -0.39 is 11.7 Å². The highest BCUT2D eigenvalue weighted by Crippen LogP contribution is 2.34. The number of hydrogen-bond acceptors (Lipinski definition) is 4. The van der Waals surface area contributed by atoms with E-state index in [1.165, 1.54) is 12.3 Å². The minimum absolute atomic E-state index is 0.259. The molecule has 25 heavy (non-hydrogen) atoms. The molecule has 0 aliphatic heterocycles. The average Bonchev–Trinajstić information content (AvgIpc) is 2.60. The van der Waals surface area contributed by atoms with Crippen LogP contribution in [0.3, 0.4) is 0 Å². The predicted molar refractivity (Wildman–Crippen MR) is 89.6 cm³/mol. The fraction of sp³-hybridized carbons (Fsp3) is 0.167. The predicted octanol–water partition coefficient (Wildman–Crippen LogP) is 5.01. The fourth-order valence-electron chi connectivity index (χ4n) is 2.47. The Hall–Kier alpha value is -2.96. The first-order chi connectivity index (χ1) is 11.9. The minimum Gasteiger partial charge on any atom is -0.497 e. The lowest BCUT2D eigenvalue weighted by molar-refractivity contribution is -0.137. The lowest BCUT2D eigenvalue weighted by atomic mass is 10.1. The maximum atomic E-state index is 12.9. The van der Waals surface area contributed by atoms with Gasteiger partial charge in [-0.3, -0.25) is 4.98 Å². The highest BCUT2D eigenvalue weighted by atomic mass is 19.4. The molecule has 1 N–H and O–H groups in total. The van der Waals surface area contributed by atoms with Crippen LogP contribution >= 0.6 is 0 Å². The van der Waals surface area contributed by atoms with Crippen LogP contribution in [-0.2, 0) is 6.18 Å². The van der Waals surface area contributed by atoms with E-state index in [-0.39, 0.29) is 5.52 Å². The molecule has 1 aromatic heterocycles. The van der Waals surface area contributed by atoms with Crippen molar-refractivity contribution in [2.45, 2.75) is 6.18 Å². The van der Waals surface area contributed by atoms with Crippen LogP contribution in [0, 0.1) is 0 Å². The molecule has 0 aliphatic carbocycles. The Labute approximate surface area is 142 Å². The van der Waals surface area contributed by atoms with Crippen LogP contribution in [0.15, 0.2) is 48.7 Å². The van der Waals surface area contributed by atoms with Gasteiger partial charge in [-0.05, 0) is 18.2 Å². The third-order valence-electron chi connectivity index (χ3n) is 3.70. The van der Waals surface area contributed by atoms with Crippen LogP contribution in [0.5, 0.6) is 11.5 Å². The van der Waals surface area contributed by atoms with Crippen molar-refractivity contribution in [3.05, 3.63) is 54.2 Å². The Morgan fingerprint density at radius 3 is 2.20 bits per heavy atom. The van der Waals surface area contributed by atoms with E-state index >= 15 is 0 Å². The van der Waals surface area contributed by atoms with Crippen LogP contribution in [0.4, 0.5) is 24.5 Å². The molecule has 0 atom stereocenters. The molecule has 2 aromatic carbocycles. The summed E-state index contributed by atoms with van der Waals surface area (Å²) in [7, 11) is 3.08. The van der Waals surface area contributed by atoms with Gasteiger partial charge < -0.3 is 14.8 Å². The van der Waals surface area contributed by atoms with Crippen molar-refractivity contribution in [2.75, 3.05) is 19.5 Å². The molecule has 0 bridgehead atoms. The second-order valence-corrected chi connectivity index (χ2v) is 5.31. The number of nitrogens with one attached hydrogen (secondary N) is 1. The topological polar surface area (TPSA) is 43.4 Å². The van der Waals surface area contributed by atoms with Crippen molar-refractivity contribution >= 4 is 22.3 Å². The molecule has 0 aliphatic rings. The van der Waals surface area contributed by atoms with Gasteiger partial charge in [0, 0.05) is 41.2 Å². The summed E-state index contributed by atoms with van der Waals surface area (Å²) >= 11 is 0. The molecule has 130 valence electrons. The molecule has 0 spiro atoms. The summed E-state index contributed by atoms with van der Waals surface area (Å²) in [4.78, 5) is 4.04. The van der Waals surface area contributed by atoms with Crippen LogP contribution in [0.25, 0.3) is 10.9 Å².